The van der Waals surface area contributed by atoms with Crippen LogP contribution < -0.4 is 5.32 Å². The molecule has 0 unspecified atom stereocenters. The summed E-state index contributed by atoms with van der Waals surface area (Å²) in [6.45, 7) is 6.32. The van der Waals surface area contributed by atoms with Crippen molar-refractivity contribution in [3.05, 3.63) is 68.7 Å². The predicted molar refractivity (Wildman–Crippen MR) is 136 cm³/mol. The minimum Gasteiger partial charge on any atom is -0.352 e. The molecule has 0 bridgehead atoms. The number of rotatable bonds is 8. The van der Waals surface area contributed by atoms with E-state index in [4.69, 9.17) is 23.2 Å². The molecule has 1 aliphatic rings. The van der Waals surface area contributed by atoms with E-state index >= 15 is 0 Å². The fourth-order valence-electron chi connectivity index (χ4n) is 4.75. The quantitative estimate of drug-likeness (QED) is 0.466. The van der Waals surface area contributed by atoms with Crippen LogP contribution >= 0.6 is 23.2 Å². The van der Waals surface area contributed by atoms with Gasteiger partial charge in [0.05, 0.1) is 16.5 Å². The van der Waals surface area contributed by atoms with E-state index in [2.05, 4.69) is 11.4 Å². The Bertz CT molecular complexity index is 966. The lowest BCUT2D eigenvalue weighted by Crippen LogP contribution is -2.52. The lowest BCUT2D eigenvalue weighted by molar-refractivity contribution is -0.141. The second-order valence-corrected chi connectivity index (χ2v) is 10.0. The van der Waals surface area contributed by atoms with Gasteiger partial charge in [-0.15, -0.1) is 0 Å². The summed E-state index contributed by atoms with van der Waals surface area (Å²) in [5.74, 6) is -0.144. The third-order valence-corrected chi connectivity index (χ3v) is 7.05. The van der Waals surface area contributed by atoms with Gasteiger partial charge in [-0.25, -0.2) is 0 Å². The van der Waals surface area contributed by atoms with E-state index in [9.17, 15) is 9.59 Å². The van der Waals surface area contributed by atoms with Crippen LogP contribution in [0.1, 0.15) is 67.7 Å². The Labute approximate surface area is 207 Å². The molecule has 1 saturated carbocycles. The Hall–Kier alpha value is -2.04. The first-order chi connectivity index (χ1) is 15.8. The normalized spacial score (nSPS) is 15.2. The average molecular weight is 489 g/mol. The second kappa shape index (κ2) is 11.9. The van der Waals surface area contributed by atoms with Crippen LogP contribution in [0.5, 0.6) is 0 Å². The van der Waals surface area contributed by atoms with Gasteiger partial charge < -0.3 is 10.2 Å². The third kappa shape index (κ3) is 7.22. The van der Waals surface area contributed by atoms with Crippen molar-refractivity contribution in [2.75, 3.05) is 0 Å². The molecule has 2 amide bonds. The van der Waals surface area contributed by atoms with Crippen molar-refractivity contribution >= 4 is 35.0 Å². The topological polar surface area (TPSA) is 49.4 Å². The number of carbonyl (C=O) groups excluding carboxylic acids is 2. The Morgan fingerprint density at radius 1 is 0.970 bits per heavy atom. The third-order valence-electron chi connectivity index (χ3n) is 6.31. The van der Waals surface area contributed by atoms with E-state index < -0.39 is 6.04 Å². The summed E-state index contributed by atoms with van der Waals surface area (Å²) in [6, 6.07) is 11.2. The zero-order valence-corrected chi connectivity index (χ0v) is 21.3. The highest BCUT2D eigenvalue weighted by molar-refractivity contribution is 6.42. The molecule has 0 spiro atoms. The highest BCUT2D eigenvalue weighted by Crippen LogP contribution is 2.25. The van der Waals surface area contributed by atoms with Gasteiger partial charge in [-0.2, -0.15) is 0 Å². The van der Waals surface area contributed by atoms with Crippen molar-refractivity contribution in [3.63, 3.8) is 0 Å². The monoisotopic (exact) mass is 488 g/mol. The van der Waals surface area contributed by atoms with Crippen LogP contribution in [0.4, 0.5) is 0 Å². The standard InChI is InChI=1S/C27H34Cl2N2O2/c1-4-25(27(33)30-22-8-6-5-7-9-22)31(17-20-10-11-23(28)24(29)15-20)26(32)16-21-13-18(2)12-19(3)14-21/h10-15,22,25H,4-9,16-17H2,1-3H3,(H,30,33)/t25-/m0/s1. The first-order valence-corrected chi connectivity index (χ1v) is 12.6. The molecule has 0 aliphatic heterocycles. The predicted octanol–water partition coefficient (Wildman–Crippen LogP) is 6.41. The van der Waals surface area contributed by atoms with Crippen LogP contribution in [0.25, 0.3) is 0 Å². The SMILES string of the molecule is CC[C@@H](C(=O)NC1CCCCC1)N(Cc1ccc(Cl)c(Cl)c1)C(=O)Cc1cc(C)cc(C)c1. The fraction of sp³-hybridized carbons (Fsp3) is 0.481. The zero-order valence-electron chi connectivity index (χ0n) is 19.8. The van der Waals surface area contributed by atoms with Gasteiger partial charge in [0.1, 0.15) is 6.04 Å². The lowest BCUT2D eigenvalue weighted by Gasteiger charge is -2.33. The summed E-state index contributed by atoms with van der Waals surface area (Å²) in [5, 5.41) is 4.12. The number of hydrogen-bond acceptors (Lipinski definition) is 2. The van der Waals surface area contributed by atoms with Gasteiger partial charge in [-0.05, 0) is 56.4 Å². The van der Waals surface area contributed by atoms with Crippen LogP contribution in [0.2, 0.25) is 10.0 Å². The molecule has 1 aliphatic carbocycles. The molecule has 4 nitrogen and oxygen atoms in total. The number of carbonyl (C=O) groups is 2. The molecule has 1 fully saturated rings. The van der Waals surface area contributed by atoms with Gasteiger partial charge >= 0.3 is 0 Å². The number of hydrogen-bond donors (Lipinski definition) is 1. The molecule has 178 valence electrons. The maximum atomic E-state index is 13.6. The maximum Gasteiger partial charge on any atom is 0.243 e. The molecule has 1 N–H and O–H groups in total. The summed E-state index contributed by atoms with van der Waals surface area (Å²) in [6.07, 6.45) is 6.30. The van der Waals surface area contributed by atoms with E-state index in [1.54, 1.807) is 17.0 Å². The van der Waals surface area contributed by atoms with Crippen LogP contribution in [0, 0.1) is 13.8 Å². The van der Waals surface area contributed by atoms with Crippen molar-refractivity contribution in [3.8, 4) is 0 Å². The highest BCUT2D eigenvalue weighted by Gasteiger charge is 2.30. The number of amides is 2. The zero-order chi connectivity index (χ0) is 24.0. The van der Waals surface area contributed by atoms with Gasteiger partial charge in [-0.3, -0.25) is 9.59 Å². The number of nitrogens with zero attached hydrogens (tertiary/aromatic N) is 1. The molecule has 3 rings (SSSR count). The molecule has 0 saturated heterocycles. The highest BCUT2D eigenvalue weighted by atomic mass is 35.5. The molecule has 0 heterocycles. The molecular formula is C27H34Cl2N2O2. The largest absolute Gasteiger partial charge is 0.352 e. The van der Waals surface area contributed by atoms with Crippen LogP contribution in [-0.4, -0.2) is 28.8 Å². The van der Waals surface area contributed by atoms with E-state index in [0.717, 1.165) is 47.9 Å². The van der Waals surface area contributed by atoms with Crippen molar-refractivity contribution < 1.29 is 9.59 Å². The summed E-state index contributed by atoms with van der Waals surface area (Å²) < 4.78 is 0. The summed E-state index contributed by atoms with van der Waals surface area (Å²) in [5.41, 5.74) is 4.05. The van der Waals surface area contributed by atoms with Gasteiger partial charge in [0, 0.05) is 12.6 Å². The van der Waals surface area contributed by atoms with Crippen molar-refractivity contribution in [2.45, 2.75) is 84.3 Å². The van der Waals surface area contributed by atoms with E-state index in [1.165, 1.54) is 6.42 Å². The minimum absolute atomic E-state index is 0.0711. The number of nitrogens with one attached hydrogen (secondary N) is 1. The first kappa shape index (κ1) is 25.6. The van der Waals surface area contributed by atoms with Crippen molar-refractivity contribution in [1.29, 1.82) is 0 Å². The fourth-order valence-corrected chi connectivity index (χ4v) is 5.07. The molecule has 2 aromatic rings. The van der Waals surface area contributed by atoms with Crippen LogP contribution in [0.15, 0.2) is 36.4 Å². The second-order valence-electron chi connectivity index (χ2n) is 9.21. The van der Waals surface area contributed by atoms with Gasteiger partial charge in [0.25, 0.3) is 0 Å². The van der Waals surface area contributed by atoms with Gasteiger partial charge in [0.2, 0.25) is 11.8 Å². The van der Waals surface area contributed by atoms with Crippen LogP contribution in [-0.2, 0) is 22.6 Å². The number of benzene rings is 2. The van der Waals surface area contributed by atoms with Gasteiger partial charge in [0.15, 0.2) is 0 Å². The average Bonchev–Trinajstić information content (AvgIpc) is 2.76. The van der Waals surface area contributed by atoms with E-state index in [1.807, 2.05) is 39.0 Å². The molecular weight excluding hydrogens is 455 g/mol. The molecule has 0 radical (unpaired) electrons. The Kier molecular flexibility index (Phi) is 9.22. The molecule has 1 atom stereocenters. The Morgan fingerprint density at radius 3 is 2.24 bits per heavy atom. The van der Waals surface area contributed by atoms with Crippen LogP contribution in [0.3, 0.4) is 0 Å². The summed E-state index contributed by atoms with van der Waals surface area (Å²) >= 11 is 12.3. The molecule has 0 aromatic heterocycles. The van der Waals surface area contributed by atoms with Crippen molar-refractivity contribution in [2.24, 2.45) is 0 Å². The molecule has 6 heteroatoms. The summed E-state index contributed by atoms with van der Waals surface area (Å²) in [7, 11) is 0. The van der Waals surface area contributed by atoms with Gasteiger partial charge in [-0.1, -0.05) is 84.8 Å². The Balaban J connectivity index is 1.85. The first-order valence-electron chi connectivity index (χ1n) is 11.9. The molecule has 33 heavy (non-hydrogen) atoms. The Morgan fingerprint density at radius 2 is 1.64 bits per heavy atom. The minimum atomic E-state index is -0.542. The van der Waals surface area contributed by atoms with E-state index in [-0.39, 0.29) is 24.3 Å². The van der Waals surface area contributed by atoms with Crippen molar-refractivity contribution in [1.82, 2.24) is 10.2 Å². The maximum absolute atomic E-state index is 13.6. The molecule has 2 aromatic carbocycles. The summed E-state index contributed by atoms with van der Waals surface area (Å²) in [4.78, 5) is 28.6. The van der Waals surface area contributed by atoms with E-state index in [0.29, 0.717) is 23.0 Å². The lowest BCUT2D eigenvalue weighted by atomic mass is 9.95. The smallest absolute Gasteiger partial charge is 0.243 e. The number of aryl methyl sites for hydroxylation is 2. The number of halogens is 2.